The van der Waals surface area contributed by atoms with E-state index >= 15 is 4.39 Å². The number of Topliss-reactive ketones (excluding diaryl/α,β-unsaturated/α-hetero) is 1. The van der Waals surface area contributed by atoms with Gasteiger partial charge in [0.1, 0.15) is 28.9 Å². The number of nitrogens with zero attached hydrogens (tertiary/aromatic N) is 5. The van der Waals surface area contributed by atoms with Crippen molar-refractivity contribution in [3.05, 3.63) is 98.0 Å². The van der Waals surface area contributed by atoms with Crippen molar-refractivity contribution >= 4 is 57.5 Å². The van der Waals surface area contributed by atoms with E-state index in [1.54, 1.807) is 51.8 Å². The first-order valence-electron chi connectivity index (χ1n) is 27.8. The molecule has 5 aliphatic heterocycles. The predicted octanol–water partition coefficient (Wildman–Crippen LogP) is 6.62. The summed E-state index contributed by atoms with van der Waals surface area (Å²) < 4.78 is 41.1. The molecule has 21 nitrogen and oxygen atoms in total. The fourth-order valence-corrected chi connectivity index (χ4v) is 12.3. The number of aliphatic hydroxyl groups excluding tert-OH is 2. The minimum absolute atomic E-state index is 0.00870. The Morgan fingerprint density at radius 2 is 1.59 bits per heavy atom. The van der Waals surface area contributed by atoms with Crippen LogP contribution in [-0.4, -0.2) is 157 Å². The molecule has 0 radical (unpaired) electrons. The summed E-state index contributed by atoms with van der Waals surface area (Å²) in [5, 5.41) is 77.9. The SMILES string of the molecule is CO[C@H]1/C=C/O[C@@]2(C)Oc3c(C)c(O)c4c(O)c(c(/C=N/N5CCN(C6CCN(c7c(F)cn8c(=O)c(C(=O)O)cc(C9CC9)c8c7C)C6)CC5)c(O)c4c3C2=O)NC(=O)/C(C)=C\C=C\[C@H](C)[C@H](O)[C@@H](C)[C@@H](O)[C@@H](C)[C@H](OC(C)=O)[C@@H]1C. The number of halogens is 1. The summed E-state index contributed by atoms with van der Waals surface area (Å²) in [5.41, 5.74) is 0.370. The molecule has 5 bridgehead atoms. The van der Waals surface area contributed by atoms with Crippen molar-refractivity contribution in [3.8, 4) is 23.0 Å². The van der Waals surface area contributed by atoms with Gasteiger partial charge in [0.2, 0.25) is 0 Å². The number of aromatic hydroxyl groups is 3. The number of aliphatic hydroxyl groups is 2. The van der Waals surface area contributed by atoms with Crippen LogP contribution in [0.15, 0.2) is 58.3 Å². The number of nitrogens with one attached hydrogen (secondary N) is 1. The maximum absolute atomic E-state index is 16.1. The lowest BCUT2D eigenvalue weighted by Gasteiger charge is -2.38. The number of hydrogen-bond acceptors (Lipinski definition) is 18. The van der Waals surface area contributed by atoms with Crippen molar-refractivity contribution in [2.24, 2.45) is 28.8 Å². The highest BCUT2D eigenvalue weighted by Crippen LogP contribution is 2.55. The second-order valence-electron chi connectivity index (χ2n) is 22.8. The van der Waals surface area contributed by atoms with E-state index in [4.69, 9.17) is 24.0 Å². The van der Waals surface area contributed by atoms with Gasteiger partial charge in [0.15, 0.2) is 11.6 Å². The number of fused-ring (bicyclic) bond motifs is 15. The second-order valence-corrected chi connectivity index (χ2v) is 22.8. The number of piperazine rings is 1. The Kier molecular flexibility index (Phi) is 16.6. The number of aryl methyl sites for hydroxylation is 1. The third-order valence-electron chi connectivity index (χ3n) is 17.4. The summed E-state index contributed by atoms with van der Waals surface area (Å²) in [6.45, 7) is 17.0. The summed E-state index contributed by atoms with van der Waals surface area (Å²) in [4.78, 5) is 70.8. The molecular weight excluding hydrogens is 1060 g/mol. The average Bonchev–Trinajstić information content (AvgIpc) is 2.57. The molecule has 22 heteroatoms. The molecule has 1 aliphatic carbocycles. The van der Waals surface area contributed by atoms with Crippen LogP contribution in [0, 0.1) is 43.3 Å². The van der Waals surface area contributed by atoms with Crippen LogP contribution >= 0.6 is 0 Å². The first-order chi connectivity index (χ1) is 38.8. The standard InChI is InChI=1S/C60H73FN6O15/c1-28-12-11-13-29(2)57(75)63-46-40(25-62-66-21-19-64(20-22-66)37-16-18-65(26-37)48-31(4)47-38(36-14-15-36)24-39(59(77)78)58(76)67(47)27-41(48)61)52(72)43-44(53(46)73)51(71)34(7)55-45(43)56(74)60(9,82-55)80-23-17-42(79-10)30(3)54(81-35(8)68)33(6)50(70)32(5)49(28)69/h11-13,17,23-25,27-28,30,32-33,36-37,42,49-50,54,69-73H,14-16,18-22,26H2,1-10H3,(H,63,75)(H,77,78)/b12-11+,23-17+,29-13-,62-25+/t28-,30+,32+,33+,37?,42-,49-,50+,54+,60-/m0/s1. The van der Waals surface area contributed by atoms with Crippen molar-refractivity contribution in [1.82, 2.24) is 14.3 Å². The molecular formula is C60H73FN6O15. The second kappa shape index (κ2) is 23.0. The lowest BCUT2D eigenvalue weighted by molar-refractivity contribution is -0.160. The van der Waals surface area contributed by atoms with Crippen LogP contribution in [0.4, 0.5) is 15.8 Å². The lowest BCUT2D eigenvalue weighted by Crippen LogP contribution is -2.49. The summed E-state index contributed by atoms with van der Waals surface area (Å²) in [7, 11) is 1.42. The van der Waals surface area contributed by atoms with Crippen molar-refractivity contribution < 1.29 is 73.2 Å². The number of aromatic carboxylic acids is 1. The monoisotopic (exact) mass is 1140 g/mol. The van der Waals surface area contributed by atoms with E-state index in [0.717, 1.165) is 29.0 Å². The molecule has 6 aliphatic rings. The van der Waals surface area contributed by atoms with Crippen LogP contribution in [0.2, 0.25) is 0 Å². The molecule has 10 atom stereocenters. The first kappa shape index (κ1) is 59.1. The number of aromatic nitrogens is 1. The number of hydrazone groups is 1. The zero-order chi connectivity index (χ0) is 59.5. The highest BCUT2D eigenvalue weighted by Gasteiger charge is 2.50. The number of amides is 1. The summed E-state index contributed by atoms with van der Waals surface area (Å²) in [5.74, 6) is -10.9. The van der Waals surface area contributed by atoms with Crippen molar-refractivity contribution in [1.29, 1.82) is 0 Å². The number of carbonyl (C=O) groups excluding carboxylic acids is 3. The van der Waals surface area contributed by atoms with Crippen LogP contribution in [0.25, 0.3) is 16.3 Å². The number of carboxylic acids is 1. The number of carbonyl (C=O) groups is 4. The number of methoxy groups -OCH3 is 1. The van der Waals surface area contributed by atoms with E-state index in [9.17, 15) is 54.6 Å². The number of ketones is 1. The molecule has 7 heterocycles. The summed E-state index contributed by atoms with van der Waals surface area (Å²) in [6.07, 6.45) is 8.04. The van der Waals surface area contributed by atoms with Gasteiger partial charge >= 0.3 is 17.7 Å². The van der Waals surface area contributed by atoms with E-state index in [2.05, 4.69) is 10.2 Å². The molecule has 0 spiro atoms. The number of phenolic OH excluding ortho intramolecular Hbond substituents is 3. The molecule has 82 heavy (non-hydrogen) atoms. The van der Waals surface area contributed by atoms with Gasteiger partial charge in [-0.2, -0.15) is 5.10 Å². The summed E-state index contributed by atoms with van der Waals surface area (Å²) >= 11 is 0. The topological polar surface area (TPSA) is 282 Å². The van der Waals surface area contributed by atoms with E-state index < -0.39 is 112 Å². The van der Waals surface area contributed by atoms with E-state index in [0.29, 0.717) is 62.5 Å². The van der Waals surface area contributed by atoms with Crippen molar-refractivity contribution in [3.63, 3.8) is 0 Å². The number of ether oxygens (including phenoxy) is 4. The molecule has 4 aromatic rings. The van der Waals surface area contributed by atoms with Crippen LogP contribution in [0.5, 0.6) is 23.0 Å². The van der Waals surface area contributed by atoms with Gasteiger partial charge in [-0.1, -0.05) is 45.9 Å². The fourth-order valence-electron chi connectivity index (χ4n) is 12.3. The molecule has 7 N–H and O–H groups in total. The van der Waals surface area contributed by atoms with E-state index in [-0.39, 0.29) is 56.4 Å². The minimum Gasteiger partial charge on any atom is -0.507 e. The average molecular weight is 1140 g/mol. The number of carboxylic acid groups (broad SMARTS) is 1. The minimum atomic E-state index is -2.12. The smallest absolute Gasteiger partial charge is 0.341 e. The number of hydrogen-bond donors (Lipinski definition) is 7. The molecule has 2 saturated heterocycles. The number of anilines is 2. The lowest BCUT2D eigenvalue weighted by atomic mass is 9.78. The molecule has 3 fully saturated rings. The van der Waals surface area contributed by atoms with Gasteiger partial charge in [-0.15, -0.1) is 0 Å². The van der Waals surface area contributed by atoms with Gasteiger partial charge in [-0.05, 0) is 69.2 Å². The quantitative estimate of drug-likeness (QED) is 0.0422. The first-order valence-corrected chi connectivity index (χ1v) is 27.8. The van der Waals surface area contributed by atoms with Gasteiger partial charge in [0, 0.05) is 106 Å². The van der Waals surface area contributed by atoms with Crippen LogP contribution < -0.4 is 20.5 Å². The highest BCUT2D eigenvalue weighted by atomic mass is 19.1. The Labute approximate surface area is 473 Å². The van der Waals surface area contributed by atoms with Crippen LogP contribution in [0.1, 0.15) is 117 Å². The zero-order valence-electron chi connectivity index (χ0n) is 47.7. The van der Waals surface area contributed by atoms with Gasteiger partial charge in [0.05, 0.1) is 70.4 Å². The zero-order valence-corrected chi connectivity index (χ0v) is 47.7. The molecule has 1 unspecified atom stereocenters. The Morgan fingerprint density at radius 1 is 0.890 bits per heavy atom. The predicted molar refractivity (Wildman–Crippen MR) is 302 cm³/mol. The van der Waals surface area contributed by atoms with Gasteiger partial charge in [-0.3, -0.25) is 33.5 Å². The molecule has 1 amide bonds. The van der Waals surface area contributed by atoms with Gasteiger partial charge in [0.25, 0.3) is 17.2 Å². The molecule has 10 rings (SSSR count). The van der Waals surface area contributed by atoms with Crippen molar-refractivity contribution in [2.45, 2.75) is 124 Å². The molecule has 1 saturated carbocycles. The number of rotatable bonds is 8. The Morgan fingerprint density at radius 3 is 2.23 bits per heavy atom. The number of pyridine rings is 2. The Hall–Kier alpha value is -7.53. The number of allylic oxidation sites excluding steroid dienone is 2. The van der Waals surface area contributed by atoms with Gasteiger partial charge in [-0.25, -0.2) is 9.18 Å². The normalized spacial score (nSPS) is 29.2. The largest absolute Gasteiger partial charge is 0.507 e. The van der Waals surface area contributed by atoms with Crippen LogP contribution in [0.3, 0.4) is 0 Å². The van der Waals surface area contributed by atoms with Crippen LogP contribution in [-0.2, 0) is 23.8 Å². The Balaban J connectivity index is 1.03. The number of benzene rings is 2. The van der Waals surface area contributed by atoms with E-state index in [1.165, 1.54) is 65.5 Å². The highest BCUT2D eigenvalue weighted by molar-refractivity contribution is 6.24. The third kappa shape index (κ3) is 10.8. The third-order valence-corrected chi connectivity index (χ3v) is 17.4. The molecule has 2 aromatic carbocycles. The number of esters is 1. The van der Waals surface area contributed by atoms with Gasteiger partial charge < -0.3 is 59.8 Å². The fraction of sp³-hybridized carbons (Fsp3) is 0.500. The van der Waals surface area contributed by atoms with E-state index in [1.807, 2.05) is 4.90 Å². The maximum atomic E-state index is 16.1. The van der Waals surface area contributed by atoms with Crippen molar-refractivity contribution in [2.75, 3.05) is 56.6 Å². The maximum Gasteiger partial charge on any atom is 0.341 e. The Bertz CT molecular complexity index is 3440. The number of phenols is 3. The molecule has 2 aromatic heterocycles. The summed E-state index contributed by atoms with van der Waals surface area (Å²) in [6, 6.07) is 1.46. The molecule has 440 valence electrons.